The van der Waals surface area contributed by atoms with Crippen molar-refractivity contribution in [2.45, 2.75) is 0 Å². The smallest absolute Gasteiger partial charge is 0.192 e. The molecule has 0 aliphatic rings. The van der Waals surface area contributed by atoms with E-state index in [1.54, 1.807) is 30.6 Å². The van der Waals surface area contributed by atoms with E-state index < -0.39 is 0 Å². The van der Waals surface area contributed by atoms with E-state index in [0.29, 0.717) is 17.1 Å². The fourth-order valence-corrected chi connectivity index (χ4v) is 1.16. The Labute approximate surface area is 80.8 Å². The second-order valence-corrected chi connectivity index (χ2v) is 2.66. The van der Waals surface area contributed by atoms with Crippen molar-refractivity contribution in [3.63, 3.8) is 0 Å². The summed E-state index contributed by atoms with van der Waals surface area (Å²) in [7, 11) is 0. The van der Waals surface area contributed by atoms with Crippen LogP contribution in [0.25, 0.3) is 11.4 Å². The van der Waals surface area contributed by atoms with Gasteiger partial charge in [-0.05, 0) is 24.3 Å². The largest absolute Gasteiger partial charge is 0.338 e. The minimum atomic E-state index is 0.297. The van der Waals surface area contributed by atoms with E-state index >= 15 is 0 Å². The molecule has 2 aromatic rings. The highest BCUT2D eigenvalue weighted by atomic mass is 17.1. The van der Waals surface area contributed by atoms with Crippen molar-refractivity contribution in [3.8, 4) is 17.1 Å². The Hall–Kier alpha value is -1.94. The molecule has 2 rings (SSSR count). The predicted octanol–water partition coefficient (Wildman–Crippen LogP) is 2.00. The van der Waals surface area contributed by atoms with Gasteiger partial charge >= 0.3 is 0 Å². The van der Waals surface area contributed by atoms with E-state index in [1.807, 2.05) is 12.1 Å². The van der Waals surface area contributed by atoms with E-state index in [2.05, 4.69) is 14.9 Å². The summed E-state index contributed by atoms with van der Waals surface area (Å²) in [5, 5.41) is 8.61. The van der Waals surface area contributed by atoms with Crippen LogP contribution < -0.4 is 4.89 Å². The monoisotopic (exact) mass is 188 g/mol. The zero-order chi connectivity index (χ0) is 9.80. The van der Waals surface area contributed by atoms with Crippen LogP contribution in [0.1, 0.15) is 0 Å². The summed E-state index contributed by atoms with van der Waals surface area (Å²) in [4.78, 5) is 12.4. The molecule has 0 saturated carbocycles. The van der Waals surface area contributed by atoms with Crippen LogP contribution in [0.3, 0.4) is 0 Å². The minimum absolute atomic E-state index is 0.297. The van der Waals surface area contributed by atoms with Gasteiger partial charge in [-0.25, -0.2) is 5.26 Å². The Kier molecular flexibility index (Phi) is 2.38. The zero-order valence-electron chi connectivity index (χ0n) is 7.29. The fraction of sp³-hybridized carbons (Fsp3) is 0. The topological polar surface area (TPSA) is 55.2 Å². The Bertz CT molecular complexity index is 417. The summed E-state index contributed by atoms with van der Waals surface area (Å²) in [6.45, 7) is 0. The average molecular weight is 188 g/mol. The molecule has 14 heavy (non-hydrogen) atoms. The number of nitrogens with zero attached hydrogens (tertiary/aromatic N) is 2. The second kappa shape index (κ2) is 3.85. The average Bonchev–Trinajstić information content (AvgIpc) is 2.30. The van der Waals surface area contributed by atoms with Gasteiger partial charge < -0.3 is 4.89 Å². The van der Waals surface area contributed by atoms with Crippen molar-refractivity contribution in [1.82, 2.24) is 9.97 Å². The maximum atomic E-state index is 8.61. The molecular formula is C10H8N2O2. The summed E-state index contributed by atoms with van der Waals surface area (Å²) in [6.07, 6.45) is 3.28. The molecule has 1 N–H and O–H groups in total. The van der Waals surface area contributed by atoms with Crippen LogP contribution in [0.15, 0.2) is 42.7 Å². The maximum Gasteiger partial charge on any atom is 0.192 e. The lowest BCUT2D eigenvalue weighted by atomic mass is 10.2. The quantitative estimate of drug-likeness (QED) is 0.578. The van der Waals surface area contributed by atoms with E-state index in [4.69, 9.17) is 5.26 Å². The van der Waals surface area contributed by atoms with Gasteiger partial charge in [-0.3, -0.25) is 9.97 Å². The zero-order valence-corrected chi connectivity index (χ0v) is 7.29. The molecule has 0 unspecified atom stereocenters. The van der Waals surface area contributed by atoms with Crippen LogP contribution in [0.5, 0.6) is 5.75 Å². The first-order valence-corrected chi connectivity index (χ1v) is 4.09. The first kappa shape index (κ1) is 8.65. The van der Waals surface area contributed by atoms with Crippen LogP contribution in [0.2, 0.25) is 0 Å². The molecule has 0 aromatic carbocycles. The fourth-order valence-electron chi connectivity index (χ4n) is 1.16. The summed E-state index contributed by atoms with van der Waals surface area (Å²) in [5.74, 6) is 0.297. The van der Waals surface area contributed by atoms with Crippen molar-refractivity contribution < 1.29 is 10.1 Å². The van der Waals surface area contributed by atoms with Gasteiger partial charge in [0.2, 0.25) is 0 Å². The molecule has 0 spiro atoms. The molecule has 0 amide bonds. The Morgan fingerprint density at radius 3 is 2.57 bits per heavy atom. The summed E-state index contributed by atoms with van der Waals surface area (Å²) < 4.78 is 0. The summed E-state index contributed by atoms with van der Waals surface area (Å²) in [6, 6.07) is 8.75. The molecule has 2 aromatic heterocycles. The number of hydrogen-bond acceptors (Lipinski definition) is 4. The molecule has 2 heterocycles. The van der Waals surface area contributed by atoms with E-state index in [-0.39, 0.29) is 0 Å². The maximum absolute atomic E-state index is 8.61. The molecule has 0 atom stereocenters. The molecule has 0 aliphatic carbocycles. The summed E-state index contributed by atoms with van der Waals surface area (Å²) in [5.41, 5.74) is 1.19. The third kappa shape index (κ3) is 1.55. The standard InChI is InChI=1S/C10H8N2O2/c13-14-9-5-3-7-12-10(9)8-4-1-2-6-11-8/h1-7,13H. The van der Waals surface area contributed by atoms with Gasteiger partial charge in [0.15, 0.2) is 5.75 Å². The van der Waals surface area contributed by atoms with Gasteiger partial charge in [-0.1, -0.05) is 6.07 Å². The minimum Gasteiger partial charge on any atom is -0.338 e. The molecule has 0 saturated heterocycles. The Balaban J connectivity index is 2.51. The third-order valence-corrected chi connectivity index (χ3v) is 1.78. The lowest BCUT2D eigenvalue weighted by Gasteiger charge is -2.03. The van der Waals surface area contributed by atoms with Gasteiger partial charge in [-0.2, -0.15) is 0 Å². The van der Waals surface area contributed by atoms with Gasteiger partial charge in [-0.15, -0.1) is 0 Å². The number of hydrogen-bond donors (Lipinski definition) is 1. The molecule has 4 nitrogen and oxygen atoms in total. The molecule has 0 radical (unpaired) electrons. The van der Waals surface area contributed by atoms with Gasteiger partial charge in [0.25, 0.3) is 0 Å². The molecule has 0 fully saturated rings. The van der Waals surface area contributed by atoms with Crippen LogP contribution >= 0.6 is 0 Å². The van der Waals surface area contributed by atoms with Gasteiger partial charge in [0.1, 0.15) is 5.69 Å². The first-order valence-electron chi connectivity index (χ1n) is 4.09. The number of aromatic nitrogens is 2. The molecular weight excluding hydrogens is 180 g/mol. The second-order valence-electron chi connectivity index (χ2n) is 2.66. The van der Waals surface area contributed by atoms with Gasteiger partial charge in [0, 0.05) is 12.4 Å². The molecule has 70 valence electrons. The van der Waals surface area contributed by atoms with Crippen LogP contribution in [-0.4, -0.2) is 15.2 Å². The number of pyridine rings is 2. The molecule has 4 heteroatoms. The highest BCUT2D eigenvalue weighted by Crippen LogP contribution is 2.24. The molecule has 0 bridgehead atoms. The molecule has 0 aliphatic heterocycles. The van der Waals surface area contributed by atoms with Crippen molar-refractivity contribution in [1.29, 1.82) is 0 Å². The third-order valence-electron chi connectivity index (χ3n) is 1.78. The van der Waals surface area contributed by atoms with Crippen LogP contribution in [0.4, 0.5) is 0 Å². The highest BCUT2D eigenvalue weighted by molar-refractivity contribution is 5.61. The van der Waals surface area contributed by atoms with Crippen molar-refractivity contribution in [2.24, 2.45) is 0 Å². The van der Waals surface area contributed by atoms with Crippen LogP contribution in [-0.2, 0) is 0 Å². The first-order chi connectivity index (χ1) is 6.92. The van der Waals surface area contributed by atoms with Gasteiger partial charge in [0.05, 0.1) is 5.69 Å². The highest BCUT2D eigenvalue weighted by Gasteiger charge is 2.07. The van der Waals surface area contributed by atoms with Crippen molar-refractivity contribution >= 4 is 0 Å². The van der Waals surface area contributed by atoms with E-state index in [1.165, 1.54) is 0 Å². The van der Waals surface area contributed by atoms with Crippen molar-refractivity contribution in [3.05, 3.63) is 42.7 Å². The van der Waals surface area contributed by atoms with Crippen LogP contribution in [0, 0.1) is 0 Å². The van der Waals surface area contributed by atoms with E-state index in [9.17, 15) is 0 Å². The Morgan fingerprint density at radius 1 is 1.00 bits per heavy atom. The normalized spacial score (nSPS) is 9.79. The lowest BCUT2D eigenvalue weighted by Crippen LogP contribution is -1.92. The predicted molar refractivity (Wildman–Crippen MR) is 50.7 cm³/mol. The number of rotatable bonds is 2. The SMILES string of the molecule is OOc1cccnc1-c1ccccn1. The summed E-state index contributed by atoms with van der Waals surface area (Å²) >= 11 is 0. The lowest BCUT2D eigenvalue weighted by molar-refractivity contribution is -0.137. The Morgan fingerprint density at radius 2 is 1.86 bits per heavy atom. The van der Waals surface area contributed by atoms with E-state index in [0.717, 1.165) is 0 Å². The van der Waals surface area contributed by atoms with Crippen molar-refractivity contribution in [2.75, 3.05) is 0 Å².